The first-order valence-electron chi connectivity index (χ1n) is 8.36. The number of aliphatic hydroxyl groups is 3. The predicted octanol–water partition coefficient (Wildman–Crippen LogP) is 2.34. The maximum atomic E-state index is 9.70. The molecule has 0 amide bonds. The Morgan fingerprint density at radius 3 is 1.70 bits per heavy atom. The van der Waals surface area contributed by atoms with Crippen LogP contribution in [0.25, 0.3) is 0 Å². The number of hydrogen-bond donors (Lipinski definition) is 4. The lowest BCUT2D eigenvalue weighted by atomic mass is 10.00. The number of aliphatic hydroxyl groups excluding tert-OH is 3. The standard InChI is InChI=1S/C16H35NO3/c1-2-3-4-5-6-7-8-9-10-11-12-15(19)16(20)14(17)13-18/h14-16,18-20H,2-13,17H2,1H3/t14-,15-,16-/m0/s1. The highest BCUT2D eigenvalue weighted by atomic mass is 16.3. The monoisotopic (exact) mass is 289 g/mol. The van der Waals surface area contributed by atoms with Gasteiger partial charge in [-0.15, -0.1) is 0 Å². The minimum absolute atomic E-state index is 0.295. The van der Waals surface area contributed by atoms with Crippen LogP contribution in [0.2, 0.25) is 0 Å². The van der Waals surface area contributed by atoms with Crippen LogP contribution < -0.4 is 5.73 Å². The van der Waals surface area contributed by atoms with E-state index in [1.54, 1.807) is 0 Å². The highest BCUT2D eigenvalue weighted by molar-refractivity contribution is 4.77. The van der Waals surface area contributed by atoms with Gasteiger partial charge in [-0.05, 0) is 6.42 Å². The van der Waals surface area contributed by atoms with Gasteiger partial charge in [0.05, 0.1) is 24.9 Å². The van der Waals surface area contributed by atoms with Gasteiger partial charge in [0.2, 0.25) is 0 Å². The first-order valence-corrected chi connectivity index (χ1v) is 8.36. The van der Waals surface area contributed by atoms with Crippen LogP contribution in [0.5, 0.6) is 0 Å². The predicted molar refractivity (Wildman–Crippen MR) is 83.5 cm³/mol. The molecule has 0 aromatic carbocycles. The molecule has 3 atom stereocenters. The number of rotatable bonds is 14. The number of nitrogens with two attached hydrogens (primary N) is 1. The molecule has 0 rings (SSSR count). The summed E-state index contributed by atoms with van der Waals surface area (Å²) in [5.41, 5.74) is 5.48. The van der Waals surface area contributed by atoms with Crippen LogP contribution in [0.3, 0.4) is 0 Å². The van der Waals surface area contributed by atoms with Gasteiger partial charge in [-0.25, -0.2) is 0 Å². The topological polar surface area (TPSA) is 86.7 Å². The lowest BCUT2D eigenvalue weighted by molar-refractivity contribution is -0.0121. The van der Waals surface area contributed by atoms with Crippen LogP contribution in [-0.2, 0) is 0 Å². The summed E-state index contributed by atoms with van der Waals surface area (Å²) in [5.74, 6) is 0. The molecule has 0 aromatic heterocycles. The lowest BCUT2D eigenvalue weighted by Gasteiger charge is -2.22. The molecule has 4 heteroatoms. The van der Waals surface area contributed by atoms with Crippen molar-refractivity contribution >= 4 is 0 Å². The van der Waals surface area contributed by atoms with E-state index < -0.39 is 18.2 Å². The van der Waals surface area contributed by atoms with Crippen molar-refractivity contribution in [2.24, 2.45) is 5.73 Å². The maximum Gasteiger partial charge on any atom is 0.0971 e. The normalized spacial score (nSPS) is 16.1. The van der Waals surface area contributed by atoms with E-state index in [-0.39, 0.29) is 6.61 Å². The molecule has 0 saturated carbocycles. The summed E-state index contributed by atoms with van der Waals surface area (Å²) in [5, 5.41) is 28.1. The molecule has 0 aliphatic carbocycles. The van der Waals surface area contributed by atoms with Crippen LogP contribution in [0.1, 0.15) is 77.6 Å². The lowest BCUT2D eigenvalue weighted by Crippen LogP contribution is -2.45. The summed E-state index contributed by atoms with van der Waals surface area (Å²) in [4.78, 5) is 0. The molecule has 5 N–H and O–H groups in total. The van der Waals surface area contributed by atoms with Crippen molar-refractivity contribution < 1.29 is 15.3 Å². The number of unbranched alkanes of at least 4 members (excludes halogenated alkanes) is 9. The molecule has 0 unspecified atom stereocenters. The van der Waals surface area contributed by atoms with Crippen molar-refractivity contribution in [2.45, 2.75) is 95.8 Å². The van der Waals surface area contributed by atoms with Crippen molar-refractivity contribution in [3.8, 4) is 0 Å². The Labute approximate surface area is 124 Å². The highest BCUT2D eigenvalue weighted by Gasteiger charge is 2.21. The van der Waals surface area contributed by atoms with E-state index >= 15 is 0 Å². The Balaban J connectivity index is 3.31. The molecule has 4 nitrogen and oxygen atoms in total. The first kappa shape index (κ1) is 19.8. The van der Waals surface area contributed by atoms with Gasteiger partial charge in [-0.2, -0.15) is 0 Å². The smallest absolute Gasteiger partial charge is 0.0971 e. The minimum Gasteiger partial charge on any atom is -0.395 e. The zero-order chi connectivity index (χ0) is 15.2. The van der Waals surface area contributed by atoms with E-state index in [0.29, 0.717) is 6.42 Å². The fraction of sp³-hybridized carbons (Fsp3) is 1.00. The van der Waals surface area contributed by atoms with Crippen molar-refractivity contribution in [1.29, 1.82) is 0 Å². The molecule has 0 aromatic rings. The molecule has 0 aliphatic rings. The quantitative estimate of drug-likeness (QED) is 0.370. The Kier molecular flexibility index (Phi) is 13.7. The van der Waals surface area contributed by atoms with Gasteiger partial charge in [0.25, 0.3) is 0 Å². The van der Waals surface area contributed by atoms with Gasteiger partial charge >= 0.3 is 0 Å². The second-order valence-electron chi connectivity index (χ2n) is 5.88. The van der Waals surface area contributed by atoms with Crippen molar-refractivity contribution in [2.75, 3.05) is 6.61 Å². The zero-order valence-corrected chi connectivity index (χ0v) is 13.1. The summed E-state index contributed by atoms with van der Waals surface area (Å²) in [6, 6.07) is -0.742. The van der Waals surface area contributed by atoms with Crippen LogP contribution in [0.4, 0.5) is 0 Å². The third-order valence-corrected chi connectivity index (χ3v) is 3.90. The molecular formula is C16H35NO3. The van der Waals surface area contributed by atoms with Gasteiger partial charge in [-0.3, -0.25) is 0 Å². The molecule has 0 radical (unpaired) electrons. The molecule has 0 heterocycles. The second-order valence-corrected chi connectivity index (χ2v) is 5.88. The Morgan fingerprint density at radius 2 is 1.25 bits per heavy atom. The van der Waals surface area contributed by atoms with E-state index in [9.17, 15) is 10.2 Å². The fourth-order valence-electron chi connectivity index (χ4n) is 2.41. The van der Waals surface area contributed by atoms with Crippen molar-refractivity contribution in [3.63, 3.8) is 0 Å². The molecule has 0 fully saturated rings. The average molecular weight is 289 g/mol. The highest BCUT2D eigenvalue weighted by Crippen LogP contribution is 2.13. The summed E-state index contributed by atoms with van der Waals surface area (Å²) in [6.07, 6.45) is 11.2. The van der Waals surface area contributed by atoms with Gasteiger partial charge in [0, 0.05) is 0 Å². The van der Waals surface area contributed by atoms with Crippen LogP contribution in [0.15, 0.2) is 0 Å². The molecule has 0 aliphatic heterocycles. The summed E-state index contributed by atoms with van der Waals surface area (Å²) < 4.78 is 0. The van der Waals surface area contributed by atoms with Crippen molar-refractivity contribution in [1.82, 2.24) is 0 Å². The summed E-state index contributed by atoms with van der Waals surface area (Å²) in [6.45, 7) is 1.94. The van der Waals surface area contributed by atoms with E-state index in [2.05, 4.69) is 6.92 Å². The third kappa shape index (κ3) is 10.6. The van der Waals surface area contributed by atoms with Crippen LogP contribution in [0, 0.1) is 0 Å². The van der Waals surface area contributed by atoms with E-state index in [4.69, 9.17) is 10.8 Å². The number of hydrogen-bond acceptors (Lipinski definition) is 4. The Bertz CT molecular complexity index is 202. The van der Waals surface area contributed by atoms with E-state index in [1.807, 2.05) is 0 Å². The molecule has 20 heavy (non-hydrogen) atoms. The third-order valence-electron chi connectivity index (χ3n) is 3.90. The maximum absolute atomic E-state index is 9.70. The SMILES string of the molecule is CCCCCCCCCCCC[C@H](O)[C@@H](O)[C@@H](N)CO. The van der Waals surface area contributed by atoms with Crippen LogP contribution in [-0.4, -0.2) is 40.2 Å². The van der Waals surface area contributed by atoms with Gasteiger partial charge < -0.3 is 21.1 Å². The zero-order valence-electron chi connectivity index (χ0n) is 13.1. The molecular weight excluding hydrogens is 254 g/mol. The fourth-order valence-corrected chi connectivity index (χ4v) is 2.41. The van der Waals surface area contributed by atoms with Gasteiger partial charge in [0.15, 0.2) is 0 Å². The molecule has 122 valence electrons. The van der Waals surface area contributed by atoms with Crippen molar-refractivity contribution in [3.05, 3.63) is 0 Å². The largest absolute Gasteiger partial charge is 0.395 e. The van der Waals surface area contributed by atoms with Crippen LogP contribution >= 0.6 is 0 Å². The van der Waals surface area contributed by atoms with Gasteiger partial charge in [-0.1, -0.05) is 71.1 Å². The Morgan fingerprint density at radius 1 is 0.800 bits per heavy atom. The van der Waals surface area contributed by atoms with E-state index in [0.717, 1.165) is 12.8 Å². The minimum atomic E-state index is -1.02. The molecule has 0 saturated heterocycles. The Hall–Kier alpha value is -0.160. The summed E-state index contributed by atoms with van der Waals surface area (Å²) in [7, 11) is 0. The summed E-state index contributed by atoms with van der Waals surface area (Å²) >= 11 is 0. The molecule has 0 spiro atoms. The second kappa shape index (κ2) is 13.8. The van der Waals surface area contributed by atoms with Gasteiger partial charge in [0.1, 0.15) is 0 Å². The average Bonchev–Trinajstić information content (AvgIpc) is 2.47. The first-order chi connectivity index (χ1) is 9.63. The molecule has 0 bridgehead atoms. The van der Waals surface area contributed by atoms with E-state index in [1.165, 1.54) is 51.4 Å².